The molecular formula is C23H26N4O3. The molecule has 1 N–H and O–H groups in total. The third-order valence-electron chi connectivity index (χ3n) is 5.27. The van der Waals surface area contributed by atoms with E-state index in [4.69, 9.17) is 9.47 Å². The summed E-state index contributed by atoms with van der Waals surface area (Å²) in [7, 11) is 1.67. The number of pyridine rings is 1. The maximum Gasteiger partial charge on any atom is 0.255 e. The van der Waals surface area contributed by atoms with E-state index >= 15 is 0 Å². The minimum atomic E-state index is -0.0860. The highest BCUT2D eigenvalue weighted by atomic mass is 16.5. The van der Waals surface area contributed by atoms with E-state index in [1.165, 1.54) is 5.56 Å². The summed E-state index contributed by atoms with van der Waals surface area (Å²) in [4.78, 5) is 26.9. The molecular weight excluding hydrogens is 380 g/mol. The number of nitrogens with zero attached hydrogens (tertiary/aromatic N) is 3. The van der Waals surface area contributed by atoms with Crippen LogP contribution >= 0.6 is 0 Å². The third kappa shape index (κ3) is 4.42. The predicted molar refractivity (Wildman–Crippen MR) is 114 cm³/mol. The van der Waals surface area contributed by atoms with E-state index in [0.29, 0.717) is 31.3 Å². The van der Waals surface area contributed by atoms with E-state index < -0.39 is 0 Å². The van der Waals surface area contributed by atoms with Crippen molar-refractivity contribution in [2.45, 2.75) is 33.0 Å². The van der Waals surface area contributed by atoms with E-state index in [0.717, 1.165) is 42.1 Å². The second-order valence-electron chi connectivity index (χ2n) is 7.30. The molecule has 1 aromatic carbocycles. The number of hydrogen-bond donors (Lipinski definition) is 1. The SMILES string of the molecule is CCOCc1cc(CN2CCc3nc(-c4ccccn4)[nH]c(=O)c3C2)ccc1OC. The normalized spacial score (nSPS) is 13.8. The van der Waals surface area contributed by atoms with E-state index in [1.807, 2.05) is 31.2 Å². The van der Waals surface area contributed by atoms with Crippen LogP contribution in [0.3, 0.4) is 0 Å². The Balaban J connectivity index is 1.52. The molecule has 1 aliphatic heterocycles. The highest BCUT2D eigenvalue weighted by Gasteiger charge is 2.22. The van der Waals surface area contributed by atoms with Gasteiger partial charge < -0.3 is 14.5 Å². The molecule has 0 aliphatic carbocycles. The molecule has 0 bridgehead atoms. The monoisotopic (exact) mass is 406 g/mol. The molecule has 4 rings (SSSR count). The van der Waals surface area contributed by atoms with Crippen molar-refractivity contribution < 1.29 is 9.47 Å². The molecule has 1 aliphatic rings. The van der Waals surface area contributed by atoms with Crippen molar-refractivity contribution in [1.82, 2.24) is 19.9 Å². The first-order valence-corrected chi connectivity index (χ1v) is 10.2. The molecule has 156 valence electrons. The molecule has 0 fully saturated rings. The van der Waals surface area contributed by atoms with E-state index in [-0.39, 0.29) is 5.56 Å². The number of nitrogens with one attached hydrogen (secondary N) is 1. The quantitative estimate of drug-likeness (QED) is 0.650. The smallest absolute Gasteiger partial charge is 0.255 e. The first kappa shape index (κ1) is 20.3. The zero-order valence-corrected chi connectivity index (χ0v) is 17.4. The molecule has 3 heterocycles. The fourth-order valence-corrected chi connectivity index (χ4v) is 3.75. The topological polar surface area (TPSA) is 80.3 Å². The van der Waals surface area contributed by atoms with Crippen LogP contribution in [0.15, 0.2) is 47.4 Å². The van der Waals surface area contributed by atoms with Gasteiger partial charge in [-0.05, 0) is 36.8 Å². The van der Waals surface area contributed by atoms with Crippen LogP contribution in [0.25, 0.3) is 11.5 Å². The van der Waals surface area contributed by atoms with Gasteiger partial charge in [-0.2, -0.15) is 0 Å². The Labute approximate surface area is 175 Å². The first-order valence-electron chi connectivity index (χ1n) is 10.2. The minimum absolute atomic E-state index is 0.0860. The van der Waals surface area contributed by atoms with E-state index in [9.17, 15) is 4.79 Å². The standard InChI is InChI=1S/C23H26N4O3/c1-3-30-15-17-12-16(7-8-21(17)29-2)13-27-11-9-19-18(14-27)23(28)26-22(25-19)20-6-4-5-10-24-20/h4-8,10,12H,3,9,11,13-15H2,1-2H3,(H,25,26,28). The highest BCUT2D eigenvalue weighted by Crippen LogP contribution is 2.24. The lowest BCUT2D eigenvalue weighted by Crippen LogP contribution is -2.35. The average Bonchev–Trinajstić information content (AvgIpc) is 2.78. The van der Waals surface area contributed by atoms with Crippen LogP contribution in [0.4, 0.5) is 0 Å². The largest absolute Gasteiger partial charge is 0.496 e. The Kier molecular flexibility index (Phi) is 6.21. The van der Waals surface area contributed by atoms with Gasteiger partial charge in [0, 0.05) is 44.4 Å². The first-order chi connectivity index (χ1) is 14.7. The number of rotatable bonds is 7. The van der Waals surface area contributed by atoms with Crippen molar-refractivity contribution in [2.75, 3.05) is 20.3 Å². The fraction of sp³-hybridized carbons (Fsp3) is 0.348. The highest BCUT2D eigenvalue weighted by molar-refractivity contribution is 5.49. The molecule has 0 saturated heterocycles. The maximum atomic E-state index is 12.7. The molecule has 3 aromatic rings. The number of methoxy groups -OCH3 is 1. The number of hydrogen-bond acceptors (Lipinski definition) is 6. The summed E-state index contributed by atoms with van der Waals surface area (Å²) in [5.41, 5.74) is 4.40. The fourth-order valence-electron chi connectivity index (χ4n) is 3.75. The van der Waals surface area contributed by atoms with Crippen molar-refractivity contribution in [3.63, 3.8) is 0 Å². The van der Waals surface area contributed by atoms with Gasteiger partial charge in [-0.1, -0.05) is 12.1 Å². The second kappa shape index (κ2) is 9.19. The van der Waals surface area contributed by atoms with E-state index in [2.05, 4.69) is 32.0 Å². The summed E-state index contributed by atoms with van der Waals surface area (Å²) < 4.78 is 11.0. The summed E-state index contributed by atoms with van der Waals surface area (Å²) in [6.45, 7) is 5.34. The number of H-pyrrole nitrogens is 1. The lowest BCUT2D eigenvalue weighted by molar-refractivity contribution is 0.132. The lowest BCUT2D eigenvalue weighted by Gasteiger charge is -2.28. The zero-order valence-electron chi connectivity index (χ0n) is 17.4. The van der Waals surface area contributed by atoms with Crippen LogP contribution in [0.2, 0.25) is 0 Å². The molecule has 0 unspecified atom stereocenters. The Hall–Kier alpha value is -3.03. The summed E-state index contributed by atoms with van der Waals surface area (Å²) in [5, 5.41) is 0. The van der Waals surface area contributed by atoms with Gasteiger partial charge in [0.1, 0.15) is 11.4 Å². The predicted octanol–water partition coefficient (Wildman–Crippen LogP) is 2.94. The summed E-state index contributed by atoms with van der Waals surface area (Å²) in [6.07, 6.45) is 2.44. The van der Waals surface area contributed by atoms with Gasteiger partial charge in [-0.25, -0.2) is 4.98 Å². The molecule has 30 heavy (non-hydrogen) atoms. The van der Waals surface area contributed by atoms with Crippen molar-refractivity contribution in [2.24, 2.45) is 0 Å². The molecule has 0 spiro atoms. The zero-order chi connectivity index (χ0) is 20.9. The van der Waals surface area contributed by atoms with Gasteiger partial charge in [-0.15, -0.1) is 0 Å². The molecule has 2 aromatic heterocycles. The summed E-state index contributed by atoms with van der Waals surface area (Å²) >= 11 is 0. The average molecular weight is 406 g/mol. The van der Waals surface area contributed by atoms with Gasteiger partial charge in [-0.3, -0.25) is 14.7 Å². The number of aromatic amines is 1. The molecule has 0 radical (unpaired) electrons. The molecule has 0 amide bonds. The van der Waals surface area contributed by atoms with Crippen molar-refractivity contribution in [1.29, 1.82) is 0 Å². The number of ether oxygens (including phenoxy) is 2. The van der Waals surface area contributed by atoms with Crippen LogP contribution in [0.1, 0.15) is 29.3 Å². The Morgan fingerprint density at radius 1 is 1.23 bits per heavy atom. The van der Waals surface area contributed by atoms with Crippen molar-refractivity contribution in [3.8, 4) is 17.3 Å². The molecule has 7 heteroatoms. The van der Waals surface area contributed by atoms with E-state index in [1.54, 1.807) is 13.3 Å². The summed E-state index contributed by atoms with van der Waals surface area (Å²) in [6, 6.07) is 11.8. The van der Waals surface area contributed by atoms with Gasteiger partial charge in [0.05, 0.1) is 25.0 Å². The van der Waals surface area contributed by atoms with Crippen molar-refractivity contribution in [3.05, 3.63) is 75.3 Å². The Morgan fingerprint density at radius 2 is 2.13 bits per heavy atom. The van der Waals surface area contributed by atoms with Gasteiger partial charge in [0.15, 0.2) is 5.82 Å². The van der Waals surface area contributed by atoms with Gasteiger partial charge in [0.2, 0.25) is 0 Å². The van der Waals surface area contributed by atoms with Crippen LogP contribution in [-0.4, -0.2) is 40.1 Å². The third-order valence-corrected chi connectivity index (χ3v) is 5.27. The van der Waals surface area contributed by atoms with Gasteiger partial charge in [0.25, 0.3) is 5.56 Å². The number of benzene rings is 1. The number of aromatic nitrogens is 3. The van der Waals surface area contributed by atoms with Crippen LogP contribution in [-0.2, 0) is 30.9 Å². The minimum Gasteiger partial charge on any atom is -0.496 e. The van der Waals surface area contributed by atoms with Gasteiger partial charge >= 0.3 is 0 Å². The molecule has 7 nitrogen and oxygen atoms in total. The molecule has 0 saturated carbocycles. The van der Waals surface area contributed by atoms with Crippen LogP contribution < -0.4 is 10.3 Å². The van der Waals surface area contributed by atoms with Crippen LogP contribution in [0, 0.1) is 0 Å². The van der Waals surface area contributed by atoms with Crippen LogP contribution in [0.5, 0.6) is 5.75 Å². The summed E-state index contributed by atoms with van der Waals surface area (Å²) in [5.74, 6) is 1.36. The second-order valence-corrected chi connectivity index (χ2v) is 7.30. The molecule has 0 atom stereocenters. The van der Waals surface area contributed by atoms with Crippen molar-refractivity contribution >= 4 is 0 Å². The lowest BCUT2D eigenvalue weighted by atomic mass is 10.0. The maximum absolute atomic E-state index is 12.7. The Morgan fingerprint density at radius 3 is 2.90 bits per heavy atom. The number of fused-ring (bicyclic) bond motifs is 1. The Bertz CT molecular complexity index is 1070.